The number of aromatic nitrogens is 1. The van der Waals surface area contributed by atoms with Gasteiger partial charge in [0.2, 0.25) is 0 Å². The number of likely N-dealkylation sites (tertiary alicyclic amines) is 1. The van der Waals surface area contributed by atoms with Crippen molar-refractivity contribution in [2.75, 3.05) is 26.2 Å². The molecule has 1 N–H and O–H groups in total. The van der Waals surface area contributed by atoms with E-state index in [4.69, 9.17) is 0 Å². The standard InChI is InChI=1S/C16H16FN3OS.2ClH/c17-13-4-2-1-3-12(13)15-19-14(9-22-15)16(21)20-7-10-5-18-6-11(10)8-20;;/h1-4,9-11,18H,5-8H2;2*1H/t10-,11+;;. The van der Waals surface area contributed by atoms with Crippen molar-refractivity contribution in [2.24, 2.45) is 11.8 Å². The minimum atomic E-state index is -0.308. The summed E-state index contributed by atoms with van der Waals surface area (Å²) in [5, 5.41) is 5.65. The number of hydrogen-bond acceptors (Lipinski definition) is 4. The lowest BCUT2D eigenvalue weighted by atomic mass is 10.0. The summed E-state index contributed by atoms with van der Waals surface area (Å²) >= 11 is 1.31. The first kappa shape index (κ1) is 19.1. The van der Waals surface area contributed by atoms with Crippen LogP contribution in [0, 0.1) is 17.7 Å². The van der Waals surface area contributed by atoms with Crippen LogP contribution in [0.2, 0.25) is 0 Å². The van der Waals surface area contributed by atoms with Gasteiger partial charge in [-0.05, 0) is 24.0 Å². The molecule has 0 bridgehead atoms. The predicted octanol–water partition coefficient (Wildman–Crippen LogP) is 3.08. The second-order valence-electron chi connectivity index (χ2n) is 5.91. The van der Waals surface area contributed by atoms with E-state index < -0.39 is 0 Å². The molecule has 24 heavy (non-hydrogen) atoms. The monoisotopic (exact) mass is 389 g/mol. The Labute approximate surface area is 156 Å². The van der Waals surface area contributed by atoms with Crippen molar-refractivity contribution in [2.45, 2.75) is 0 Å². The molecule has 2 saturated heterocycles. The number of fused-ring (bicyclic) bond motifs is 1. The number of nitrogens with one attached hydrogen (secondary N) is 1. The summed E-state index contributed by atoms with van der Waals surface area (Å²) < 4.78 is 13.8. The molecule has 1 aromatic carbocycles. The summed E-state index contributed by atoms with van der Waals surface area (Å²) in [5.74, 6) is 0.785. The topological polar surface area (TPSA) is 45.2 Å². The third-order valence-corrected chi connectivity index (χ3v) is 5.38. The lowest BCUT2D eigenvalue weighted by molar-refractivity contribution is 0.0777. The number of carbonyl (C=O) groups excluding carboxylic acids is 1. The van der Waals surface area contributed by atoms with E-state index in [-0.39, 0.29) is 36.5 Å². The highest BCUT2D eigenvalue weighted by molar-refractivity contribution is 7.13. The molecule has 0 aliphatic carbocycles. The van der Waals surface area contributed by atoms with Crippen molar-refractivity contribution < 1.29 is 9.18 Å². The fourth-order valence-corrected chi connectivity index (χ4v) is 4.13. The molecule has 4 nitrogen and oxygen atoms in total. The van der Waals surface area contributed by atoms with E-state index in [1.54, 1.807) is 23.6 Å². The molecule has 2 aromatic rings. The first-order valence-electron chi connectivity index (χ1n) is 7.43. The minimum Gasteiger partial charge on any atom is -0.337 e. The van der Waals surface area contributed by atoms with E-state index >= 15 is 0 Å². The van der Waals surface area contributed by atoms with Crippen molar-refractivity contribution >= 4 is 42.1 Å². The van der Waals surface area contributed by atoms with E-state index in [1.807, 2.05) is 4.90 Å². The molecule has 3 heterocycles. The fourth-order valence-electron chi connectivity index (χ4n) is 3.31. The van der Waals surface area contributed by atoms with Crippen LogP contribution in [0.1, 0.15) is 10.5 Å². The Bertz CT molecular complexity index is 715. The number of thiazole rings is 1. The van der Waals surface area contributed by atoms with Gasteiger partial charge in [0.1, 0.15) is 16.5 Å². The number of hydrogen-bond donors (Lipinski definition) is 1. The van der Waals surface area contributed by atoms with Crippen molar-refractivity contribution in [1.82, 2.24) is 15.2 Å². The summed E-state index contributed by atoms with van der Waals surface area (Å²) in [6.45, 7) is 3.57. The number of carbonyl (C=O) groups is 1. The molecular formula is C16H18Cl2FN3OS. The van der Waals surface area contributed by atoms with Gasteiger partial charge in [-0.1, -0.05) is 12.1 Å². The first-order valence-corrected chi connectivity index (χ1v) is 8.31. The Morgan fingerprint density at radius 1 is 1.21 bits per heavy atom. The van der Waals surface area contributed by atoms with Crippen LogP contribution in [0.15, 0.2) is 29.6 Å². The average molecular weight is 390 g/mol. The zero-order chi connectivity index (χ0) is 15.1. The van der Waals surface area contributed by atoms with Gasteiger partial charge in [0, 0.05) is 37.1 Å². The second kappa shape index (κ2) is 7.78. The molecule has 2 atom stereocenters. The summed E-state index contributed by atoms with van der Waals surface area (Å²) in [7, 11) is 0. The number of nitrogens with zero attached hydrogens (tertiary/aromatic N) is 2. The maximum absolute atomic E-state index is 13.8. The molecule has 1 amide bonds. The zero-order valence-electron chi connectivity index (χ0n) is 12.8. The van der Waals surface area contributed by atoms with E-state index in [0.717, 1.165) is 26.2 Å². The Kier molecular flexibility index (Phi) is 6.20. The van der Waals surface area contributed by atoms with Crippen molar-refractivity contribution in [1.29, 1.82) is 0 Å². The van der Waals surface area contributed by atoms with Crippen LogP contribution < -0.4 is 5.32 Å². The molecule has 130 valence electrons. The molecule has 2 fully saturated rings. The average Bonchev–Trinajstić information content (AvgIpc) is 3.22. The van der Waals surface area contributed by atoms with E-state index in [0.29, 0.717) is 28.1 Å². The maximum Gasteiger partial charge on any atom is 0.273 e. The first-order chi connectivity index (χ1) is 10.7. The van der Waals surface area contributed by atoms with Crippen LogP contribution in [0.3, 0.4) is 0 Å². The maximum atomic E-state index is 13.8. The summed E-state index contributed by atoms with van der Waals surface area (Å²) in [5.41, 5.74) is 0.880. The summed E-state index contributed by atoms with van der Waals surface area (Å²) in [6.07, 6.45) is 0. The van der Waals surface area contributed by atoms with Gasteiger partial charge in [-0.15, -0.1) is 36.2 Å². The van der Waals surface area contributed by atoms with Gasteiger partial charge in [0.25, 0.3) is 5.91 Å². The van der Waals surface area contributed by atoms with Gasteiger partial charge >= 0.3 is 0 Å². The van der Waals surface area contributed by atoms with Crippen LogP contribution in [0.5, 0.6) is 0 Å². The third kappa shape index (κ3) is 3.42. The van der Waals surface area contributed by atoms with Gasteiger partial charge in [0.15, 0.2) is 0 Å². The van der Waals surface area contributed by atoms with E-state index in [2.05, 4.69) is 10.3 Å². The second-order valence-corrected chi connectivity index (χ2v) is 6.76. The summed E-state index contributed by atoms with van der Waals surface area (Å²) in [4.78, 5) is 18.8. The molecule has 0 radical (unpaired) electrons. The molecule has 8 heteroatoms. The highest BCUT2D eigenvalue weighted by atomic mass is 35.5. The highest BCUT2D eigenvalue weighted by Crippen LogP contribution is 2.30. The van der Waals surface area contributed by atoms with E-state index in [9.17, 15) is 9.18 Å². The highest BCUT2D eigenvalue weighted by Gasteiger charge is 2.38. The minimum absolute atomic E-state index is 0. The molecule has 2 aliphatic heterocycles. The van der Waals surface area contributed by atoms with Gasteiger partial charge in [-0.25, -0.2) is 9.37 Å². The number of rotatable bonds is 2. The number of amides is 1. The van der Waals surface area contributed by atoms with Crippen molar-refractivity contribution in [3.8, 4) is 10.6 Å². The lowest BCUT2D eigenvalue weighted by Gasteiger charge is -2.15. The van der Waals surface area contributed by atoms with Crippen LogP contribution in [-0.2, 0) is 0 Å². The number of benzene rings is 1. The molecule has 2 aliphatic rings. The Morgan fingerprint density at radius 2 is 1.88 bits per heavy atom. The smallest absolute Gasteiger partial charge is 0.273 e. The SMILES string of the molecule is Cl.Cl.O=C(c1csc(-c2ccccc2F)n1)N1C[C@H]2CNC[C@H]2C1. The Morgan fingerprint density at radius 3 is 2.54 bits per heavy atom. The predicted molar refractivity (Wildman–Crippen MR) is 97.8 cm³/mol. The Balaban J connectivity index is 0.00000104. The van der Waals surface area contributed by atoms with Gasteiger partial charge < -0.3 is 10.2 Å². The molecular weight excluding hydrogens is 372 g/mol. The molecule has 4 rings (SSSR count). The quantitative estimate of drug-likeness (QED) is 0.857. The van der Waals surface area contributed by atoms with Crippen molar-refractivity contribution in [3.05, 3.63) is 41.2 Å². The largest absolute Gasteiger partial charge is 0.337 e. The fraction of sp³-hybridized carbons (Fsp3) is 0.375. The molecule has 0 saturated carbocycles. The normalized spacial score (nSPS) is 21.8. The third-order valence-electron chi connectivity index (χ3n) is 4.50. The van der Waals surface area contributed by atoms with Gasteiger partial charge in [-0.2, -0.15) is 0 Å². The van der Waals surface area contributed by atoms with Gasteiger partial charge in [0.05, 0.1) is 0 Å². The molecule has 0 unspecified atom stereocenters. The lowest BCUT2D eigenvalue weighted by Crippen LogP contribution is -2.32. The van der Waals surface area contributed by atoms with Crippen LogP contribution in [0.25, 0.3) is 10.6 Å². The number of halogens is 3. The zero-order valence-corrected chi connectivity index (χ0v) is 15.2. The van der Waals surface area contributed by atoms with Crippen LogP contribution >= 0.6 is 36.2 Å². The van der Waals surface area contributed by atoms with Crippen molar-refractivity contribution in [3.63, 3.8) is 0 Å². The molecule has 0 spiro atoms. The van der Waals surface area contributed by atoms with Gasteiger partial charge in [-0.3, -0.25) is 4.79 Å². The van der Waals surface area contributed by atoms with Crippen LogP contribution in [0.4, 0.5) is 4.39 Å². The van der Waals surface area contributed by atoms with Crippen LogP contribution in [-0.4, -0.2) is 42.0 Å². The van der Waals surface area contributed by atoms with E-state index in [1.165, 1.54) is 17.4 Å². The molecule has 1 aromatic heterocycles. The summed E-state index contributed by atoms with van der Waals surface area (Å²) in [6, 6.07) is 6.52. The Hall–Kier alpha value is -1.21.